The number of aryl methyl sites for hydroxylation is 2. The zero-order valence-corrected chi connectivity index (χ0v) is 22.8. The molecule has 0 saturated carbocycles. The summed E-state index contributed by atoms with van der Waals surface area (Å²) in [5.41, 5.74) is 4.89. The van der Waals surface area contributed by atoms with Crippen LogP contribution in [0, 0.1) is 13.8 Å². The summed E-state index contributed by atoms with van der Waals surface area (Å²) in [5.74, 6) is 1.52. The molecular weight excluding hydrogens is 494 g/mol. The van der Waals surface area contributed by atoms with Gasteiger partial charge in [0, 0.05) is 49.6 Å². The summed E-state index contributed by atoms with van der Waals surface area (Å²) >= 11 is 0. The summed E-state index contributed by atoms with van der Waals surface area (Å²) < 4.78 is 13.0. The Hall–Kier alpha value is -3.76. The smallest absolute Gasteiger partial charge is 0.253 e. The van der Waals surface area contributed by atoms with Crippen LogP contribution in [-0.2, 0) is 11.3 Å². The third-order valence-electron chi connectivity index (χ3n) is 8.10. The van der Waals surface area contributed by atoms with Crippen molar-refractivity contribution < 1.29 is 9.47 Å². The lowest BCUT2D eigenvalue weighted by Crippen LogP contribution is -2.49. The molecule has 0 aliphatic carbocycles. The Morgan fingerprint density at radius 3 is 2.56 bits per heavy atom. The molecule has 4 heterocycles. The van der Waals surface area contributed by atoms with Gasteiger partial charge in [-0.1, -0.05) is 0 Å². The highest BCUT2D eigenvalue weighted by Gasteiger charge is 2.33. The molecule has 2 aromatic heterocycles. The van der Waals surface area contributed by atoms with Gasteiger partial charge in [-0.3, -0.25) is 9.69 Å². The van der Waals surface area contributed by atoms with Crippen molar-refractivity contribution in [2.75, 3.05) is 44.8 Å². The monoisotopic (exact) mass is 529 g/mol. The van der Waals surface area contributed by atoms with Gasteiger partial charge in [0.2, 0.25) is 0 Å². The lowest BCUT2D eigenvalue weighted by atomic mass is 10.00. The number of benzene rings is 2. The minimum absolute atomic E-state index is 0.0836. The van der Waals surface area contributed by atoms with Crippen LogP contribution in [0.1, 0.15) is 41.4 Å². The normalized spacial score (nSPS) is 19.1. The molecule has 2 aromatic carbocycles. The number of nitrogens with one attached hydrogen (secondary N) is 1. The second kappa shape index (κ2) is 10.8. The molecule has 0 unspecified atom stereocenters. The van der Waals surface area contributed by atoms with Crippen molar-refractivity contribution in [2.24, 2.45) is 0 Å². The Labute approximate surface area is 227 Å². The van der Waals surface area contributed by atoms with E-state index >= 15 is 0 Å². The number of aromatic nitrogens is 5. The second-order valence-electron chi connectivity index (χ2n) is 10.6. The van der Waals surface area contributed by atoms with E-state index in [9.17, 15) is 4.79 Å². The van der Waals surface area contributed by atoms with E-state index in [2.05, 4.69) is 62.4 Å². The van der Waals surface area contributed by atoms with E-state index in [0.717, 1.165) is 73.5 Å². The van der Waals surface area contributed by atoms with Gasteiger partial charge in [-0.15, -0.1) is 5.10 Å². The summed E-state index contributed by atoms with van der Waals surface area (Å²) in [5, 5.41) is 13.9. The lowest BCUT2D eigenvalue weighted by Gasteiger charge is -2.39. The molecule has 204 valence electrons. The van der Waals surface area contributed by atoms with E-state index in [1.165, 1.54) is 5.56 Å². The summed E-state index contributed by atoms with van der Waals surface area (Å²) in [6.45, 7) is 8.65. The molecule has 0 radical (unpaired) electrons. The number of hydrogen-bond donors (Lipinski definition) is 1. The molecule has 4 aromatic rings. The Bertz CT molecular complexity index is 1500. The molecule has 39 heavy (non-hydrogen) atoms. The number of hydrogen-bond acceptors (Lipinski definition) is 8. The third kappa shape index (κ3) is 5.14. The van der Waals surface area contributed by atoms with Crippen molar-refractivity contribution in [3.05, 3.63) is 75.3 Å². The summed E-state index contributed by atoms with van der Waals surface area (Å²) in [6, 6.07) is 14.0. The predicted molar refractivity (Wildman–Crippen MR) is 149 cm³/mol. The van der Waals surface area contributed by atoms with Gasteiger partial charge in [0.25, 0.3) is 5.56 Å². The Morgan fingerprint density at radius 1 is 1.08 bits per heavy atom. The fraction of sp³-hybridized carbons (Fsp3) is 0.448. The summed E-state index contributed by atoms with van der Waals surface area (Å²) in [7, 11) is 1.68. The Morgan fingerprint density at radius 2 is 1.85 bits per heavy atom. The molecule has 10 heteroatoms. The van der Waals surface area contributed by atoms with E-state index < -0.39 is 0 Å². The number of ether oxygens (including phenoxy) is 2. The molecule has 2 aliphatic rings. The van der Waals surface area contributed by atoms with Crippen molar-refractivity contribution in [1.29, 1.82) is 0 Å². The van der Waals surface area contributed by atoms with Crippen LogP contribution >= 0.6 is 0 Å². The predicted octanol–water partition coefficient (Wildman–Crippen LogP) is 3.23. The van der Waals surface area contributed by atoms with Gasteiger partial charge in [0.15, 0.2) is 5.82 Å². The fourth-order valence-corrected chi connectivity index (χ4v) is 5.75. The highest BCUT2D eigenvalue weighted by molar-refractivity contribution is 5.81. The quantitative estimate of drug-likeness (QED) is 0.390. The van der Waals surface area contributed by atoms with E-state index in [0.29, 0.717) is 17.9 Å². The zero-order chi connectivity index (χ0) is 26.9. The SMILES string of the molecule is COc1ccc(N2CCN([C@H](c3cc4cc(C)c(C)cc4[nH]c3=O)c3nnnn3C[C@@H]3CCCO3)CC2)cc1. The number of fused-ring (bicyclic) bond motifs is 1. The molecule has 0 amide bonds. The fourth-order valence-electron chi connectivity index (χ4n) is 5.75. The van der Waals surface area contributed by atoms with Gasteiger partial charge in [-0.05, 0) is 96.1 Å². The maximum Gasteiger partial charge on any atom is 0.253 e. The van der Waals surface area contributed by atoms with E-state index in [4.69, 9.17) is 9.47 Å². The Balaban J connectivity index is 1.35. The van der Waals surface area contributed by atoms with E-state index in [-0.39, 0.29) is 17.7 Å². The van der Waals surface area contributed by atoms with Crippen LogP contribution in [0.15, 0.2) is 47.3 Å². The molecule has 1 N–H and O–H groups in total. The van der Waals surface area contributed by atoms with Crippen molar-refractivity contribution in [3.63, 3.8) is 0 Å². The van der Waals surface area contributed by atoms with Gasteiger partial charge >= 0.3 is 0 Å². The third-order valence-corrected chi connectivity index (χ3v) is 8.10. The largest absolute Gasteiger partial charge is 0.497 e. The van der Waals surface area contributed by atoms with Crippen LogP contribution < -0.4 is 15.2 Å². The number of aromatic amines is 1. The molecule has 2 aliphatic heterocycles. The van der Waals surface area contributed by atoms with Crippen molar-refractivity contribution in [3.8, 4) is 5.75 Å². The molecular formula is C29H35N7O3. The number of methoxy groups -OCH3 is 1. The number of pyridine rings is 1. The highest BCUT2D eigenvalue weighted by atomic mass is 16.5. The van der Waals surface area contributed by atoms with E-state index in [1.54, 1.807) is 7.11 Å². The van der Waals surface area contributed by atoms with Crippen molar-refractivity contribution >= 4 is 16.6 Å². The van der Waals surface area contributed by atoms with Gasteiger partial charge < -0.3 is 19.4 Å². The summed E-state index contributed by atoms with van der Waals surface area (Å²) in [4.78, 5) is 21.4. The first kappa shape index (κ1) is 25.5. The number of piperazine rings is 1. The average molecular weight is 530 g/mol. The number of tetrazole rings is 1. The molecule has 0 spiro atoms. The zero-order valence-electron chi connectivity index (χ0n) is 22.8. The number of anilines is 1. The molecule has 2 fully saturated rings. The standard InChI is InChI=1S/C29H35N7O3/c1-19-15-21-17-25(29(37)30-26(21)16-20(19)2)27(28-31-32-33-36(28)18-24-5-4-14-39-24)35-12-10-34(11-13-35)22-6-8-23(38-3)9-7-22/h6-9,15-17,24,27H,4-5,10-14,18H2,1-3H3,(H,30,37)/t24-,27+/m0/s1. The molecule has 2 saturated heterocycles. The van der Waals surface area contributed by atoms with Gasteiger partial charge in [-0.25, -0.2) is 4.68 Å². The first-order valence-corrected chi connectivity index (χ1v) is 13.6. The van der Waals surface area contributed by atoms with Crippen LogP contribution in [0.25, 0.3) is 10.9 Å². The van der Waals surface area contributed by atoms with Gasteiger partial charge in [0.05, 0.1) is 19.8 Å². The highest BCUT2D eigenvalue weighted by Crippen LogP contribution is 2.30. The van der Waals surface area contributed by atoms with E-state index in [1.807, 2.05) is 28.9 Å². The van der Waals surface area contributed by atoms with Crippen LogP contribution in [0.4, 0.5) is 5.69 Å². The van der Waals surface area contributed by atoms with Crippen molar-refractivity contribution in [2.45, 2.75) is 45.4 Å². The van der Waals surface area contributed by atoms with Gasteiger partial charge in [0.1, 0.15) is 11.8 Å². The Kier molecular flexibility index (Phi) is 7.05. The second-order valence-corrected chi connectivity index (χ2v) is 10.6. The lowest BCUT2D eigenvalue weighted by molar-refractivity contribution is 0.0906. The van der Waals surface area contributed by atoms with Crippen LogP contribution in [0.2, 0.25) is 0 Å². The van der Waals surface area contributed by atoms with Crippen molar-refractivity contribution in [1.82, 2.24) is 30.1 Å². The topological polar surface area (TPSA) is 101 Å². The number of rotatable bonds is 7. The minimum Gasteiger partial charge on any atom is -0.497 e. The molecule has 0 bridgehead atoms. The maximum atomic E-state index is 13.6. The average Bonchev–Trinajstić information content (AvgIpc) is 3.64. The van der Waals surface area contributed by atoms with Crippen LogP contribution in [0.3, 0.4) is 0 Å². The summed E-state index contributed by atoms with van der Waals surface area (Å²) in [6.07, 6.45) is 2.11. The molecule has 6 rings (SSSR count). The number of nitrogens with zero attached hydrogens (tertiary/aromatic N) is 6. The maximum absolute atomic E-state index is 13.6. The van der Waals surface area contributed by atoms with Gasteiger partial charge in [-0.2, -0.15) is 0 Å². The first-order chi connectivity index (χ1) is 19.0. The van der Waals surface area contributed by atoms with Crippen LogP contribution in [0.5, 0.6) is 5.75 Å². The molecule has 2 atom stereocenters. The van der Waals surface area contributed by atoms with Crippen LogP contribution in [-0.4, -0.2) is 76.1 Å². The minimum atomic E-state index is -0.380. The first-order valence-electron chi connectivity index (χ1n) is 13.6. The molecule has 10 nitrogen and oxygen atoms in total. The number of H-pyrrole nitrogens is 1.